The van der Waals surface area contributed by atoms with Crippen LogP contribution in [0.1, 0.15) is 43.4 Å². The summed E-state index contributed by atoms with van der Waals surface area (Å²) in [7, 11) is 0. The van der Waals surface area contributed by atoms with Gasteiger partial charge in [-0.15, -0.1) is 0 Å². The molecule has 2 aromatic rings. The molecule has 5 nitrogen and oxygen atoms in total. The summed E-state index contributed by atoms with van der Waals surface area (Å²) >= 11 is 0. The molecule has 0 aromatic heterocycles. The first-order valence-electron chi connectivity index (χ1n) is 8.98. The van der Waals surface area contributed by atoms with Crippen LogP contribution < -0.4 is 5.32 Å². The second-order valence-corrected chi connectivity index (χ2v) is 6.57. The molecular weight excluding hydrogens is 328 g/mol. The van der Waals surface area contributed by atoms with E-state index in [1.807, 2.05) is 55.5 Å². The van der Waals surface area contributed by atoms with E-state index >= 15 is 0 Å². The molecule has 1 aliphatic rings. The summed E-state index contributed by atoms with van der Waals surface area (Å²) in [5, 5.41) is 15.0. The van der Waals surface area contributed by atoms with Gasteiger partial charge in [-0.05, 0) is 24.0 Å². The van der Waals surface area contributed by atoms with E-state index in [1.165, 1.54) is 5.56 Å². The van der Waals surface area contributed by atoms with Crippen molar-refractivity contribution in [3.8, 4) is 0 Å². The van der Waals surface area contributed by atoms with E-state index < -0.39 is 5.72 Å². The Bertz CT molecular complexity index is 761. The average Bonchev–Trinajstić information content (AvgIpc) is 3.11. The average molecular weight is 352 g/mol. The lowest BCUT2D eigenvalue weighted by molar-refractivity contribution is -0.426. The van der Waals surface area contributed by atoms with Crippen LogP contribution in [-0.2, 0) is 4.74 Å². The maximum absolute atomic E-state index is 11.5. The van der Waals surface area contributed by atoms with Crippen molar-refractivity contribution in [2.24, 2.45) is 0 Å². The molecule has 0 radical (unpaired) electrons. The molecule has 1 aliphatic heterocycles. The zero-order chi connectivity index (χ0) is 18.4. The van der Waals surface area contributed by atoms with Gasteiger partial charge >= 0.3 is 0 Å². The normalized spacial score (nSPS) is 23.1. The number of allylic oxidation sites excluding steroid dienone is 1. The molecule has 0 amide bonds. The van der Waals surface area contributed by atoms with E-state index in [2.05, 4.69) is 17.4 Å². The minimum absolute atomic E-state index is 0.119. The molecule has 3 rings (SSSR count). The van der Waals surface area contributed by atoms with Gasteiger partial charge in [-0.25, -0.2) is 0 Å². The molecule has 0 spiro atoms. The highest BCUT2D eigenvalue weighted by Gasteiger charge is 2.39. The van der Waals surface area contributed by atoms with Gasteiger partial charge < -0.3 is 4.74 Å². The quantitative estimate of drug-likeness (QED) is 0.586. The number of ether oxygens (including phenoxy) is 1. The summed E-state index contributed by atoms with van der Waals surface area (Å²) in [6, 6.07) is 19.7. The van der Waals surface area contributed by atoms with Gasteiger partial charge in [0, 0.05) is 12.5 Å². The third-order valence-electron chi connectivity index (χ3n) is 4.89. The van der Waals surface area contributed by atoms with Gasteiger partial charge in [0.1, 0.15) is 5.72 Å². The van der Waals surface area contributed by atoms with Crippen molar-refractivity contribution in [1.29, 1.82) is 0 Å². The number of nitro groups is 1. The monoisotopic (exact) mass is 352 g/mol. The topological polar surface area (TPSA) is 64.4 Å². The van der Waals surface area contributed by atoms with Crippen LogP contribution in [0.5, 0.6) is 0 Å². The third-order valence-corrected chi connectivity index (χ3v) is 4.89. The molecule has 1 N–H and O–H groups in total. The summed E-state index contributed by atoms with van der Waals surface area (Å²) in [4.78, 5) is 11.2. The molecule has 0 bridgehead atoms. The van der Waals surface area contributed by atoms with Crippen LogP contribution in [0, 0.1) is 10.1 Å². The van der Waals surface area contributed by atoms with Crippen molar-refractivity contribution in [3.05, 3.63) is 87.6 Å². The largest absolute Gasteiger partial charge is 0.359 e. The van der Waals surface area contributed by atoms with Gasteiger partial charge in [-0.1, -0.05) is 67.6 Å². The molecule has 0 saturated carbocycles. The predicted octanol–water partition coefficient (Wildman–Crippen LogP) is 4.55. The first-order chi connectivity index (χ1) is 12.6. The minimum atomic E-state index is -0.522. The molecule has 2 aromatic carbocycles. The van der Waals surface area contributed by atoms with Gasteiger partial charge in [0.15, 0.2) is 0 Å². The third kappa shape index (κ3) is 4.36. The van der Waals surface area contributed by atoms with Crippen molar-refractivity contribution in [2.75, 3.05) is 6.61 Å². The Morgan fingerprint density at radius 2 is 1.88 bits per heavy atom. The lowest BCUT2D eigenvalue weighted by Gasteiger charge is -2.27. The van der Waals surface area contributed by atoms with Crippen molar-refractivity contribution in [3.63, 3.8) is 0 Å². The van der Waals surface area contributed by atoms with E-state index in [0.717, 1.165) is 12.0 Å². The highest BCUT2D eigenvalue weighted by atomic mass is 16.6. The SMILES string of the molecule is CCC1(CC/C(=C/c2ccccc2)[N+](=O)[O-])N[C@H](c2ccccc2)CO1. The second-order valence-electron chi connectivity index (χ2n) is 6.57. The van der Waals surface area contributed by atoms with Gasteiger partial charge in [0.2, 0.25) is 5.70 Å². The summed E-state index contributed by atoms with van der Waals surface area (Å²) in [5.41, 5.74) is 1.70. The van der Waals surface area contributed by atoms with Gasteiger partial charge in [0.25, 0.3) is 0 Å². The number of benzene rings is 2. The Labute approximate surface area is 153 Å². The highest BCUT2D eigenvalue weighted by Crippen LogP contribution is 2.33. The molecule has 1 fully saturated rings. The van der Waals surface area contributed by atoms with Gasteiger partial charge in [-0.3, -0.25) is 15.4 Å². The molecule has 1 saturated heterocycles. The zero-order valence-corrected chi connectivity index (χ0v) is 14.9. The lowest BCUT2D eigenvalue weighted by atomic mass is 10.0. The fourth-order valence-electron chi connectivity index (χ4n) is 3.32. The van der Waals surface area contributed by atoms with Crippen LogP contribution in [0.3, 0.4) is 0 Å². The number of hydrogen-bond acceptors (Lipinski definition) is 4. The molecule has 5 heteroatoms. The molecule has 2 atom stereocenters. The Morgan fingerprint density at radius 3 is 2.50 bits per heavy atom. The molecule has 26 heavy (non-hydrogen) atoms. The Hall–Kier alpha value is -2.50. The first-order valence-corrected chi connectivity index (χ1v) is 8.98. The second kappa shape index (κ2) is 8.25. The summed E-state index contributed by atoms with van der Waals surface area (Å²) in [5.74, 6) is 0. The van der Waals surface area contributed by atoms with Gasteiger partial charge in [0.05, 0.1) is 17.6 Å². The Balaban J connectivity index is 1.70. The fraction of sp³-hybridized carbons (Fsp3) is 0.333. The molecule has 136 valence electrons. The van der Waals surface area contributed by atoms with Crippen LogP contribution in [-0.4, -0.2) is 17.3 Å². The van der Waals surface area contributed by atoms with Crippen molar-refractivity contribution >= 4 is 6.08 Å². The van der Waals surface area contributed by atoms with Crippen molar-refractivity contribution < 1.29 is 9.66 Å². The van der Waals surface area contributed by atoms with Crippen LogP contribution >= 0.6 is 0 Å². The van der Waals surface area contributed by atoms with E-state index in [-0.39, 0.29) is 16.7 Å². The van der Waals surface area contributed by atoms with Crippen LogP contribution in [0.15, 0.2) is 66.4 Å². The summed E-state index contributed by atoms with van der Waals surface area (Å²) < 4.78 is 6.08. The number of nitrogens with one attached hydrogen (secondary N) is 1. The minimum Gasteiger partial charge on any atom is -0.359 e. The lowest BCUT2D eigenvalue weighted by Crippen LogP contribution is -2.41. The van der Waals surface area contributed by atoms with Crippen LogP contribution in [0.2, 0.25) is 0 Å². The number of rotatable bonds is 7. The van der Waals surface area contributed by atoms with E-state index in [9.17, 15) is 10.1 Å². The number of nitrogens with zero attached hydrogens (tertiary/aromatic N) is 1. The maximum Gasteiger partial charge on any atom is 0.247 e. The van der Waals surface area contributed by atoms with Gasteiger partial charge in [-0.2, -0.15) is 0 Å². The summed E-state index contributed by atoms with van der Waals surface area (Å²) in [6.07, 6.45) is 3.32. The molecular formula is C21H24N2O3. The van der Waals surface area contributed by atoms with Crippen LogP contribution in [0.4, 0.5) is 0 Å². The first kappa shape index (κ1) is 18.3. The molecule has 0 aliphatic carbocycles. The Kier molecular flexibility index (Phi) is 5.81. The summed E-state index contributed by atoms with van der Waals surface area (Å²) in [6.45, 7) is 2.63. The predicted molar refractivity (Wildman–Crippen MR) is 102 cm³/mol. The molecule has 1 unspecified atom stereocenters. The smallest absolute Gasteiger partial charge is 0.247 e. The fourth-order valence-corrected chi connectivity index (χ4v) is 3.32. The Morgan fingerprint density at radius 1 is 1.23 bits per heavy atom. The van der Waals surface area contributed by atoms with E-state index in [1.54, 1.807) is 6.08 Å². The maximum atomic E-state index is 11.5. The van der Waals surface area contributed by atoms with Crippen molar-refractivity contribution in [2.45, 2.75) is 38.0 Å². The van der Waals surface area contributed by atoms with Crippen molar-refractivity contribution in [1.82, 2.24) is 5.32 Å². The van der Waals surface area contributed by atoms with Crippen LogP contribution in [0.25, 0.3) is 6.08 Å². The standard InChI is InChI=1S/C21H24N2O3/c1-2-21(22-20(16-26-21)18-11-7-4-8-12-18)14-13-19(23(24)25)15-17-9-5-3-6-10-17/h3-12,15,20,22H,2,13-14,16H2,1H3/b19-15-/t20-,21?/m0/s1. The van der Waals surface area contributed by atoms with E-state index in [0.29, 0.717) is 19.4 Å². The highest BCUT2D eigenvalue weighted by molar-refractivity contribution is 5.50. The molecule has 1 heterocycles. The van der Waals surface area contributed by atoms with E-state index in [4.69, 9.17) is 4.74 Å². The zero-order valence-electron chi connectivity index (χ0n) is 14.9. The number of hydrogen-bond donors (Lipinski definition) is 1.